The van der Waals surface area contributed by atoms with Crippen LogP contribution in [0.25, 0.3) is 10.9 Å². The molecule has 2 saturated heterocycles. The minimum absolute atomic E-state index is 0.0930. The van der Waals surface area contributed by atoms with E-state index in [1.54, 1.807) is 0 Å². The summed E-state index contributed by atoms with van der Waals surface area (Å²) in [7, 11) is 3.82. The molecule has 3 heterocycles. The first-order valence-electron chi connectivity index (χ1n) is 8.21. The number of carbonyl (C=O) groups is 1. The smallest absolute Gasteiger partial charge is 0.229 e. The molecule has 7 heteroatoms. The fourth-order valence-electron chi connectivity index (χ4n) is 3.79. The molecule has 1 aromatic carbocycles. The first-order chi connectivity index (χ1) is 11.5. The van der Waals surface area contributed by atoms with Gasteiger partial charge in [-0.15, -0.1) is 0 Å². The van der Waals surface area contributed by atoms with E-state index < -0.39 is 0 Å². The summed E-state index contributed by atoms with van der Waals surface area (Å²) >= 11 is 6.41. The minimum Gasteiger partial charge on any atom is -0.378 e. The molecule has 2 fully saturated rings. The molecule has 0 aliphatic carbocycles. The van der Waals surface area contributed by atoms with Crippen molar-refractivity contribution in [2.45, 2.75) is 12.6 Å². The van der Waals surface area contributed by atoms with Crippen molar-refractivity contribution in [3.8, 4) is 0 Å². The fourth-order valence-corrected chi connectivity index (χ4v) is 4.07. The monoisotopic (exact) mass is 348 g/mol. The standard InChI is InChI=1S/C17H21ClN4O2/c1-20-12-7-22(6-11(17(20)23)9-24-10-12)8-14-16-13(18)4-3-5-15(16)21(2)19-14/h3-5,11-12H,6-10H2,1-2H3/t11-,12+/m1/s1. The lowest BCUT2D eigenvalue weighted by Crippen LogP contribution is -2.43. The third-order valence-electron chi connectivity index (χ3n) is 5.09. The number of ether oxygens (including phenoxy) is 1. The SMILES string of the molecule is CN1C(=O)[C@H]2COC[C@@H]1CN(Cc1nn(C)c3cccc(Cl)c13)C2. The molecular formula is C17H21ClN4O2. The van der Waals surface area contributed by atoms with Crippen LogP contribution in [0.5, 0.6) is 0 Å². The van der Waals surface area contributed by atoms with Crippen molar-refractivity contribution in [3.63, 3.8) is 0 Å². The van der Waals surface area contributed by atoms with Crippen LogP contribution in [0.1, 0.15) is 5.69 Å². The highest BCUT2D eigenvalue weighted by molar-refractivity contribution is 6.35. The van der Waals surface area contributed by atoms with Crippen LogP contribution in [-0.4, -0.2) is 64.9 Å². The third-order valence-corrected chi connectivity index (χ3v) is 5.41. The van der Waals surface area contributed by atoms with E-state index in [4.69, 9.17) is 16.3 Å². The van der Waals surface area contributed by atoms with Gasteiger partial charge in [0.15, 0.2) is 0 Å². The van der Waals surface area contributed by atoms with Crippen LogP contribution in [0.15, 0.2) is 18.2 Å². The van der Waals surface area contributed by atoms with Crippen LogP contribution in [-0.2, 0) is 23.1 Å². The van der Waals surface area contributed by atoms with Gasteiger partial charge in [0, 0.05) is 39.1 Å². The van der Waals surface area contributed by atoms with Crippen molar-refractivity contribution in [2.24, 2.45) is 13.0 Å². The number of benzene rings is 1. The van der Waals surface area contributed by atoms with Gasteiger partial charge in [-0.1, -0.05) is 17.7 Å². The van der Waals surface area contributed by atoms with E-state index in [1.807, 2.05) is 41.9 Å². The molecule has 2 atom stereocenters. The largest absolute Gasteiger partial charge is 0.378 e. The number of likely N-dealkylation sites (N-methyl/N-ethyl adjacent to an activating group) is 1. The lowest BCUT2D eigenvalue weighted by molar-refractivity contribution is -0.133. The Labute approximate surface area is 145 Å². The highest BCUT2D eigenvalue weighted by Gasteiger charge is 2.37. The maximum Gasteiger partial charge on any atom is 0.229 e. The van der Waals surface area contributed by atoms with Crippen LogP contribution in [0.3, 0.4) is 0 Å². The van der Waals surface area contributed by atoms with E-state index in [-0.39, 0.29) is 17.9 Å². The van der Waals surface area contributed by atoms with E-state index in [0.717, 1.165) is 28.2 Å². The van der Waals surface area contributed by atoms with Crippen molar-refractivity contribution in [3.05, 3.63) is 28.9 Å². The number of fused-ring (bicyclic) bond motifs is 4. The highest BCUT2D eigenvalue weighted by atomic mass is 35.5. The Morgan fingerprint density at radius 3 is 2.96 bits per heavy atom. The van der Waals surface area contributed by atoms with Crippen LogP contribution in [0.2, 0.25) is 5.02 Å². The maximum absolute atomic E-state index is 12.5. The van der Waals surface area contributed by atoms with Crippen molar-refractivity contribution < 1.29 is 9.53 Å². The second-order valence-electron chi connectivity index (χ2n) is 6.74. The number of halogens is 1. The van der Waals surface area contributed by atoms with E-state index in [0.29, 0.717) is 26.3 Å². The Hall–Kier alpha value is -1.63. The van der Waals surface area contributed by atoms with Gasteiger partial charge in [-0.3, -0.25) is 14.4 Å². The predicted octanol–water partition coefficient (Wildman–Crippen LogP) is 1.52. The van der Waals surface area contributed by atoms with E-state index in [1.165, 1.54) is 0 Å². The summed E-state index contributed by atoms with van der Waals surface area (Å²) in [5.41, 5.74) is 2.00. The van der Waals surface area contributed by atoms with E-state index in [2.05, 4.69) is 10.00 Å². The lowest BCUT2D eigenvalue weighted by Gasteiger charge is -2.28. The van der Waals surface area contributed by atoms with Gasteiger partial charge in [-0.05, 0) is 12.1 Å². The Morgan fingerprint density at radius 1 is 1.29 bits per heavy atom. The van der Waals surface area contributed by atoms with Crippen molar-refractivity contribution in [1.29, 1.82) is 0 Å². The molecule has 1 aromatic heterocycles. The molecule has 2 aromatic rings. The predicted molar refractivity (Wildman–Crippen MR) is 91.9 cm³/mol. The third kappa shape index (κ3) is 2.59. The molecular weight excluding hydrogens is 328 g/mol. The molecule has 2 aliphatic rings. The summed E-state index contributed by atoms with van der Waals surface area (Å²) < 4.78 is 7.53. The lowest BCUT2D eigenvalue weighted by atomic mass is 10.1. The summed E-state index contributed by atoms with van der Waals surface area (Å²) in [5.74, 6) is 0.0804. The van der Waals surface area contributed by atoms with Gasteiger partial charge in [0.1, 0.15) is 0 Å². The number of aryl methyl sites for hydroxylation is 1. The molecule has 0 saturated carbocycles. The van der Waals surface area contributed by atoms with Crippen molar-refractivity contribution >= 4 is 28.4 Å². The first-order valence-corrected chi connectivity index (χ1v) is 8.59. The first kappa shape index (κ1) is 15.9. The topological polar surface area (TPSA) is 50.6 Å². The van der Waals surface area contributed by atoms with Gasteiger partial charge in [-0.25, -0.2) is 0 Å². The van der Waals surface area contributed by atoms with Crippen LogP contribution < -0.4 is 0 Å². The van der Waals surface area contributed by atoms with E-state index >= 15 is 0 Å². The van der Waals surface area contributed by atoms with Crippen LogP contribution in [0.4, 0.5) is 0 Å². The summed E-state index contributed by atoms with van der Waals surface area (Å²) in [6, 6.07) is 5.96. The summed E-state index contributed by atoms with van der Waals surface area (Å²) in [5, 5.41) is 6.40. The molecule has 4 rings (SSSR count). The highest BCUT2D eigenvalue weighted by Crippen LogP contribution is 2.28. The number of amides is 1. The van der Waals surface area contributed by atoms with Crippen molar-refractivity contribution in [2.75, 3.05) is 33.4 Å². The molecule has 0 unspecified atom stereocenters. The number of rotatable bonds is 2. The number of carbonyl (C=O) groups excluding carboxylic acids is 1. The average molecular weight is 349 g/mol. The molecule has 0 N–H and O–H groups in total. The Kier molecular flexibility index (Phi) is 3.98. The number of hydrogen-bond donors (Lipinski definition) is 0. The number of aromatic nitrogens is 2. The van der Waals surface area contributed by atoms with Gasteiger partial charge in [-0.2, -0.15) is 5.10 Å². The molecule has 128 valence electrons. The maximum atomic E-state index is 12.5. The van der Waals surface area contributed by atoms with Gasteiger partial charge in [0.25, 0.3) is 0 Å². The number of nitrogens with zero attached hydrogens (tertiary/aromatic N) is 4. The Bertz CT molecular complexity index is 790. The van der Waals surface area contributed by atoms with Gasteiger partial charge < -0.3 is 9.64 Å². The quantitative estimate of drug-likeness (QED) is 0.825. The zero-order valence-electron chi connectivity index (χ0n) is 13.9. The molecule has 2 aliphatic heterocycles. The average Bonchev–Trinajstić information content (AvgIpc) is 2.73. The molecule has 6 nitrogen and oxygen atoms in total. The van der Waals surface area contributed by atoms with Gasteiger partial charge in [0.2, 0.25) is 5.91 Å². The molecule has 0 radical (unpaired) electrons. The summed E-state index contributed by atoms with van der Waals surface area (Å²) in [6.07, 6.45) is 0. The zero-order chi connectivity index (χ0) is 16.8. The van der Waals surface area contributed by atoms with Crippen LogP contribution in [0, 0.1) is 5.92 Å². The van der Waals surface area contributed by atoms with Gasteiger partial charge >= 0.3 is 0 Å². The molecule has 0 spiro atoms. The number of hydrogen-bond acceptors (Lipinski definition) is 4. The second kappa shape index (κ2) is 6.02. The minimum atomic E-state index is -0.104. The van der Waals surface area contributed by atoms with Gasteiger partial charge in [0.05, 0.1) is 41.4 Å². The molecule has 2 bridgehead atoms. The summed E-state index contributed by atoms with van der Waals surface area (Å²) in [6.45, 7) is 3.28. The van der Waals surface area contributed by atoms with Crippen molar-refractivity contribution in [1.82, 2.24) is 19.6 Å². The fraction of sp³-hybridized carbons (Fsp3) is 0.529. The molecule has 1 amide bonds. The molecule has 24 heavy (non-hydrogen) atoms. The Balaban J connectivity index is 1.66. The zero-order valence-corrected chi connectivity index (χ0v) is 14.7. The normalized spacial score (nSPS) is 25.3. The summed E-state index contributed by atoms with van der Waals surface area (Å²) in [4.78, 5) is 16.6. The van der Waals surface area contributed by atoms with E-state index in [9.17, 15) is 4.79 Å². The van der Waals surface area contributed by atoms with Crippen LogP contribution >= 0.6 is 11.6 Å². The second-order valence-corrected chi connectivity index (χ2v) is 7.14. The Morgan fingerprint density at radius 2 is 2.12 bits per heavy atom.